The number of thioether (sulfide) groups is 1. The highest BCUT2D eigenvalue weighted by molar-refractivity contribution is 7.98. The molecular weight excluding hydrogens is 1700 g/mol. The molecule has 0 saturated heterocycles. The van der Waals surface area contributed by atoms with Crippen molar-refractivity contribution in [3.63, 3.8) is 0 Å². The summed E-state index contributed by atoms with van der Waals surface area (Å²) in [6.45, 7) is 15.8. The van der Waals surface area contributed by atoms with Crippen LogP contribution in [0.2, 0.25) is 0 Å². The van der Waals surface area contributed by atoms with Crippen LogP contribution >= 0.6 is 24.4 Å². The van der Waals surface area contributed by atoms with Gasteiger partial charge in [0.15, 0.2) is 0 Å². The molecule has 16 amide bonds. The lowest BCUT2D eigenvalue weighted by atomic mass is 9.95. The van der Waals surface area contributed by atoms with Crippen molar-refractivity contribution in [2.75, 3.05) is 37.4 Å². The van der Waals surface area contributed by atoms with Crippen molar-refractivity contribution in [2.45, 2.75) is 275 Å². The van der Waals surface area contributed by atoms with E-state index in [1.165, 1.54) is 24.3 Å². The van der Waals surface area contributed by atoms with Gasteiger partial charge in [-0.1, -0.05) is 98.6 Å². The number of nitrogens with zero attached hydrogens (tertiary/aromatic N) is 1. The monoisotopic (exact) mass is 1830 g/mol. The minimum absolute atomic E-state index is 0.00887. The molecule has 0 aliphatic carbocycles. The van der Waals surface area contributed by atoms with Gasteiger partial charge in [0.1, 0.15) is 84.6 Å². The summed E-state index contributed by atoms with van der Waals surface area (Å²) < 4.78 is 0. The van der Waals surface area contributed by atoms with Gasteiger partial charge in [-0.25, -0.2) is 9.78 Å². The van der Waals surface area contributed by atoms with E-state index in [0.717, 1.165) is 13.8 Å². The van der Waals surface area contributed by atoms with Gasteiger partial charge in [-0.2, -0.15) is 24.4 Å². The maximum atomic E-state index is 14.6. The van der Waals surface area contributed by atoms with Crippen LogP contribution < -0.4 is 103 Å². The molecule has 712 valence electrons. The van der Waals surface area contributed by atoms with E-state index >= 15 is 0 Å². The summed E-state index contributed by atoms with van der Waals surface area (Å²) in [5, 5.41) is 77.6. The number of unbranched alkanes of at least 4 members (excludes halogenated alkanes) is 2. The van der Waals surface area contributed by atoms with Crippen molar-refractivity contribution in [2.24, 2.45) is 46.6 Å². The van der Waals surface area contributed by atoms with Gasteiger partial charge in [0, 0.05) is 36.9 Å². The number of H-pyrrole nitrogens is 1. The largest absolute Gasteiger partial charge is 0.481 e. The number of carboxylic acids is 3. The lowest BCUT2D eigenvalue weighted by Crippen LogP contribution is -2.63. The zero-order valence-corrected chi connectivity index (χ0v) is 75.5. The Bertz CT molecular complexity index is 3960. The van der Waals surface area contributed by atoms with Crippen LogP contribution in [0.5, 0.6) is 0 Å². The van der Waals surface area contributed by atoms with Crippen LogP contribution in [0.25, 0.3) is 0 Å². The summed E-state index contributed by atoms with van der Waals surface area (Å²) in [6, 6.07) is -15.0. The molecule has 0 bridgehead atoms. The Labute approximate surface area is 747 Å². The number of carbonyl (C=O) groups excluding carboxylic acids is 16. The molecule has 44 nitrogen and oxygen atoms in total. The number of hydrogen-bond donors (Lipinski definition) is 25. The van der Waals surface area contributed by atoms with E-state index in [2.05, 4.69) is 102 Å². The van der Waals surface area contributed by atoms with Crippen LogP contribution in [0.1, 0.15) is 177 Å². The number of rotatable bonds is 63. The number of nitrogens with one attached hydrogen (secondary N) is 16. The van der Waals surface area contributed by atoms with Crippen molar-refractivity contribution < 1.29 is 112 Å². The van der Waals surface area contributed by atoms with Crippen LogP contribution in [-0.2, 0) is 104 Å². The van der Waals surface area contributed by atoms with Crippen LogP contribution in [0.4, 0.5) is 0 Å². The number of aromatic nitrogens is 2. The van der Waals surface area contributed by atoms with Crippen molar-refractivity contribution >= 4 is 137 Å². The predicted molar refractivity (Wildman–Crippen MR) is 469 cm³/mol. The van der Waals surface area contributed by atoms with Crippen molar-refractivity contribution in [3.05, 3.63) is 54.1 Å². The molecule has 127 heavy (non-hydrogen) atoms. The number of imidazole rings is 1. The van der Waals surface area contributed by atoms with Gasteiger partial charge >= 0.3 is 17.9 Å². The van der Waals surface area contributed by atoms with E-state index in [-0.39, 0.29) is 93.5 Å². The Balaban J connectivity index is 2.40. The average molecular weight is 1830 g/mol. The number of hydrogen-bond acceptors (Lipinski definition) is 26. The summed E-state index contributed by atoms with van der Waals surface area (Å²) in [5.74, 6) is -22.4. The van der Waals surface area contributed by atoms with E-state index in [1.54, 1.807) is 78.1 Å². The van der Waals surface area contributed by atoms with Gasteiger partial charge in [-0.15, -0.1) is 0 Å². The molecule has 46 heteroatoms. The third-order valence-electron chi connectivity index (χ3n) is 19.9. The van der Waals surface area contributed by atoms with Crippen LogP contribution in [0, 0.1) is 23.7 Å². The third-order valence-corrected chi connectivity index (χ3v) is 20.9. The number of carbonyl (C=O) groups is 19. The van der Waals surface area contributed by atoms with Crippen molar-refractivity contribution in [3.8, 4) is 0 Å². The highest BCUT2D eigenvalue weighted by Gasteiger charge is 2.40. The highest BCUT2D eigenvalue weighted by Crippen LogP contribution is 2.17. The summed E-state index contributed by atoms with van der Waals surface area (Å²) in [5.41, 5.74) is 23.7. The zero-order valence-electron chi connectivity index (χ0n) is 73.8. The fourth-order valence-corrected chi connectivity index (χ4v) is 13.4. The first-order chi connectivity index (χ1) is 59.8. The number of thiol groups is 1. The Kier molecular flexibility index (Phi) is 52.0. The quantitative estimate of drug-likeness (QED) is 0.0218. The van der Waals surface area contributed by atoms with Gasteiger partial charge in [0.05, 0.1) is 37.9 Å². The standard InChI is InChI=1S/C81H133N21O23S2/c1-12-44(8)65(101-78(121)55(32-43(6)7)96-74(117)54(31-42(4)5)95-72(115)52(26-29-127-11)90-62(105)38-87-69(112)60(39-126)100-75(118)53(30-41(2)3)94-68(111)49(84)22-16-18-27-82)79(122)102-66(46(10)103)80(123)92-51(24-25-63(106)107)71(114)98-58(36-64(108)109)73(116)89-45(9)67(110)93-57(35-61(85)104)77(120)97-56(34-48-37-86-40-88-48)76(119)91-50(23-17-19-28-83)70(113)99-59(81(124)125)33-47-20-14-13-15-21-47/h13-15,20-21,37,40-46,49-60,65-66,103,126H,12,16-19,22-36,38-39,82-84H2,1-11H3,(H2,85,104)(H,86,88)(H,87,112)(H,89,116)(H,90,105)(H,91,119)(H,92,123)(H,93,110)(H,94,111)(H,95,115)(H,96,117)(H,97,120)(H,98,114)(H,99,113)(H,100,118)(H,101,121)(H,102,122)(H,106,107)(H,108,109)(H,124,125)/t44-,45-,46+,49-,50-,51-,52-,53-,54-,55-,56-,57-,58-,59-,60-,65-,66-/m0/s1. The Morgan fingerprint density at radius 1 is 0.457 bits per heavy atom. The predicted octanol–water partition coefficient (Wildman–Crippen LogP) is -4.75. The Morgan fingerprint density at radius 2 is 0.890 bits per heavy atom. The molecule has 0 spiro atoms. The minimum atomic E-state index is -2.16. The number of carboxylic acid groups (broad SMARTS) is 3. The first kappa shape index (κ1) is 112. The molecule has 0 fully saturated rings. The second-order valence-corrected chi connectivity index (χ2v) is 33.7. The van der Waals surface area contributed by atoms with Crippen LogP contribution in [0.15, 0.2) is 42.9 Å². The smallest absolute Gasteiger partial charge is 0.326 e. The number of primary amides is 1. The second kappa shape index (κ2) is 59.0. The number of aromatic amines is 1. The number of aliphatic hydroxyl groups is 1. The molecule has 17 atom stereocenters. The van der Waals surface area contributed by atoms with E-state index in [1.807, 2.05) is 13.8 Å². The lowest BCUT2D eigenvalue weighted by molar-refractivity contribution is -0.142. The Morgan fingerprint density at radius 3 is 1.38 bits per heavy atom. The second-order valence-electron chi connectivity index (χ2n) is 32.3. The molecule has 0 unspecified atom stereocenters. The molecule has 2 rings (SSSR count). The normalized spacial score (nSPS) is 15.3. The van der Waals surface area contributed by atoms with Crippen molar-refractivity contribution in [1.29, 1.82) is 0 Å². The van der Waals surface area contributed by atoms with E-state index in [4.69, 9.17) is 22.9 Å². The molecule has 1 aromatic carbocycles. The van der Waals surface area contributed by atoms with Gasteiger partial charge in [0.25, 0.3) is 0 Å². The van der Waals surface area contributed by atoms with Crippen molar-refractivity contribution in [1.82, 2.24) is 89.7 Å². The average Bonchev–Trinajstić information content (AvgIpc) is 1.34. The SMILES string of the molecule is CC[C@H](C)[C@H](NC(=O)[C@H](CC(C)C)NC(=O)[C@H](CC(C)C)NC(=O)[C@H](CCSC)NC(=O)CNC(=O)[C@H](CS)NC(=O)[C@H](CC(C)C)NC(=O)[C@@H](N)CCCCN)C(=O)N[C@H](C(=O)N[C@@H](CCC(=O)O)C(=O)N[C@@H](CC(=O)O)C(=O)N[C@@H](C)C(=O)N[C@@H](CC(N)=O)C(=O)N[C@@H](Cc1cnc[nH]1)C(=O)N[C@@H](CCCCN)C(=O)N[C@@H](Cc1ccccc1)C(=O)O)[C@@H](C)O. The summed E-state index contributed by atoms with van der Waals surface area (Å²) in [7, 11) is 0. The van der Waals surface area contributed by atoms with Gasteiger partial charge < -0.3 is 128 Å². The Hall–Kier alpha value is -11.1. The molecule has 28 N–H and O–H groups in total. The minimum Gasteiger partial charge on any atom is -0.481 e. The number of aliphatic hydroxyl groups excluding tert-OH is 1. The molecule has 0 radical (unpaired) electrons. The summed E-state index contributed by atoms with van der Waals surface area (Å²) in [6.07, 6.45) is 0.550. The van der Waals surface area contributed by atoms with E-state index in [0.29, 0.717) is 43.5 Å². The third kappa shape index (κ3) is 43.3. The van der Waals surface area contributed by atoms with Gasteiger partial charge in [-0.3, -0.25) is 86.3 Å². The molecule has 0 aliphatic heterocycles. The summed E-state index contributed by atoms with van der Waals surface area (Å²) >= 11 is 5.57. The zero-order chi connectivity index (χ0) is 95.9. The highest BCUT2D eigenvalue weighted by atomic mass is 32.2. The van der Waals surface area contributed by atoms with E-state index in [9.17, 15) is 112 Å². The number of nitrogens with two attached hydrogens (primary N) is 4. The maximum Gasteiger partial charge on any atom is 0.326 e. The van der Waals surface area contributed by atoms with Gasteiger partial charge in [-0.05, 0) is 132 Å². The summed E-state index contributed by atoms with van der Waals surface area (Å²) in [4.78, 5) is 266. The number of aliphatic carboxylic acids is 3. The maximum absolute atomic E-state index is 14.6. The molecule has 1 aromatic heterocycles. The number of benzene rings is 1. The molecule has 2 aromatic rings. The topological polar surface area (TPSA) is 718 Å². The first-order valence-corrected chi connectivity index (χ1v) is 44.2. The molecule has 1 heterocycles. The van der Waals surface area contributed by atoms with Gasteiger partial charge in [0.2, 0.25) is 94.5 Å². The molecule has 0 saturated carbocycles. The molecule has 0 aliphatic rings. The van der Waals surface area contributed by atoms with Crippen LogP contribution in [0.3, 0.4) is 0 Å². The first-order valence-electron chi connectivity index (χ1n) is 42.2. The number of amides is 16. The lowest BCUT2D eigenvalue weighted by Gasteiger charge is -2.31. The molecular formula is C81H133N21O23S2. The van der Waals surface area contributed by atoms with E-state index < -0.39 is 247 Å². The fourth-order valence-electron chi connectivity index (χ4n) is 12.7. The fraction of sp³-hybridized carbons (Fsp3) is 0.654. The van der Waals surface area contributed by atoms with Crippen LogP contribution in [-0.4, -0.2) is 277 Å².